The van der Waals surface area contributed by atoms with Crippen molar-refractivity contribution in [1.29, 1.82) is 0 Å². The standard InChI is InChI=1S/C14H14FNO2S/c1-18-14-6-5-12(16)7-10(14)9-19(17)13-4-2-3-11(15)8-13/h2-8H,9,16H2,1H3. The summed E-state index contributed by atoms with van der Waals surface area (Å²) in [6, 6.07) is 10.9. The molecule has 2 N–H and O–H groups in total. The molecule has 0 spiro atoms. The van der Waals surface area contributed by atoms with Crippen LogP contribution in [0.4, 0.5) is 10.1 Å². The van der Waals surface area contributed by atoms with Crippen molar-refractivity contribution in [2.75, 3.05) is 12.8 Å². The second-order valence-electron chi connectivity index (χ2n) is 4.02. The van der Waals surface area contributed by atoms with Crippen LogP contribution in [0.1, 0.15) is 5.56 Å². The lowest BCUT2D eigenvalue weighted by atomic mass is 10.2. The van der Waals surface area contributed by atoms with E-state index in [-0.39, 0.29) is 5.75 Å². The van der Waals surface area contributed by atoms with Gasteiger partial charge in [0.2, 0.25) is 0 Å². The number of rotatable bonds is 4. The van der Waals surface area contributed by atoms with E-state index in [1.54, 1.807) is 37.4 Å². The molecule has 19 heavy (non-hydrogen) atoms. The zero-order valence-corrected chi connectivity index (χ0v) is 11.2. The van der Waals surface area contributed by atoms with Gasteiger partial charge in [-0.15, -0.1) is 0 Å². The molecule has 100 valence electrons. The molecule has 0 saturated heterocycles. The Bertz CT molecular complexity index is 616. The molecule has 0 aliphatic rings. The lowest BCUT2D eigenvalue weighted by Crippen LogP contribution is -2.00. The number of halogens is 1. The highest BCUT2D eigenvalue weighted by atomic mass is 32.2. The average Bonchev–Trinajstić information content (AvgIpc) is 2.39. The molecule has 2 rings (SSSR count). The monoisotopic (exact) mass is 279 g/mol. The fourth-order valence-corrected chi connectivity index (χ4v) is 2.89. The number of anilines is 1. The van der Waals surface area contributed by atoms with Crippen LogP contribution in [0.5, 0.6) is 5.75 Å². The maximum Gasteiger partial charge on any atom is 0.124 e. The highest BCUT2D eigenvalue weighted by molar-refractivity contribution is 7.84. The number of benzene rings is 2. The van der Waals surface area contributed by atoms with E-state index in [1.807, 2.05) is 0 Å². The summed E-state index contributed by atoms with van der Waals surface area (Å²) in [7, 11) is 0.201. The molecule has 0 fully saturated rings. The van der Waals surface area contributed by atoms with Gasteiger partial charge >= 0.3 is 0 Å². The number of ether oxygens (including phenoxy) is 1. The fourth-order valence-electron chi connectivity index (χ4n) is 1.74. The first-order valence-corrected chi connectivity index (χ1v) is 6.98. The van der Waals surface area contributed by atoms with Crippen LogP contribution < -0.4 is 10.5 Å². The van der Waals surface area contributed by atoms with E-state index in [4.69, 9.17) is 10.5 Å². The first kappa shape index (κ1) is 13.5. The van der Waals surface area contributed by atoms with Crippen molar-refractivity contribution in [3.63, 3.8) is 0 Å². The van der Waals surface area contributed by atoms with Gasteiger partial charge in [-0.3, -0.25) is 4.21 Å². The van der Waals surface area contributed by atoms with Crippen LogP contribution >= 0.6 is 0 Å². The largest absolute Gasteiger partial charge is 0.496 e. The molecule has 0 aromatic heterocycles. The maximum atomic E-state index is 13.1. The van der Waals surface area contributed by atoms with Gasteiger partial charge in [-0.1, -0.05) is 6.07 Å². The summed E-state index contributed by atoms with van der Waals surface area (Å²) < 4.78 is 30.5. The summed E-state index contributed by atoms with van der Waals surface area (Å²) >= 11 is 0. The Labute approximate surface area is 113 Å². The normalized spacial score (nSPS) is 12.1. The molecule has 1 unspecified atom stereocenters. The van der Waals surface area contributed by atoms with E-state index < -0.39 is 16.6 Å². The summed E-state index contributed by atoms with van der Waals surface area (Å²) in [5, 5.41) is 0. The molecule has 2 aromatic carbocycles. The SMILES string of the molecule is COc1ccc(N)cc1CS(=O)c1cccc(F)c1. The second-order valence-corrected chi connectivity index (χ2v) is 5.47. The third kappa shape index (κ3) is 3.32. The molecular formula is C14H14FNO2S. The molecule has 5 heteroatoms. The lowest BCUT2D eigenvalue weighted by molar-refractivity contribution is 0.411. The van der Waals surface area contributed by atoms with E-state index in [0.717, 1.165) is 5.56 Å². The van der Waals surface area contributed by atoms with Crippen molar-refractivity contribution in [2.45, 2.75) is 10.6 Å². The minimum Gasteiger partial charge on any atom is -0.496 e. The topological polar surface area (TPSA) is 52.3 Å². The van der Waals surface area contributed by atoms with Crippen molar-refractivity contribution in [3.05, 3.63) is 53.8 Å². The van der Waals surface area contributed by atoms with Crippen molar-refractivity contribution < 1.29 is 13.3 Å². The van der Waals surface area contributed by atoms with Crippen LogP contribution in [0, 0.1) is 5.82 Å². The van der Waals surface area contributed by atoms with Crippen LogP contribution in [0.15, 0.2) is 47.4 Å². The van der Waals surface area contributed by atoms with E-state index in [2.05, 4.69) is 0 Å². The van der Waals surface area contributed by atoms with Crippen LogP contribution in [-0.4, -0.2) is 11.3 Å². The summed E-state index contributed by atoms with van der Waals surface area (Å²) in [4.78, 5) is 0.449. The number of nitrogens with two attached hydrogens (primary N) is 1. The molecule has 0 saturated carbocycles. The van der Waals surface area contributed by atoms with E-state index in [9.17, 15) is 8.60 Å². The number of hydrogen-bond acceptors (Lipinski definition) is 3. The van der Waals surface area contributed by atoms with Gasteiger partial charge in [-0.25, -0.2) is 4.39 Å². The van der Waals surface area contributed by atoms with Crippen molar-refractivity contribution in [3.8, 4) is 5.75 Å². The van der Waals surface area contributed by atoms with E-state index in [1.165, 1.54) is 12.1 Å². The lowest BCUT2D eigenvalue weighted by Gasteiger charge is -2.09. The summed E-state index contributed by atoms with van der Waals surface area (Å²) in [5.41, 5.74) is 7.02. The third-order valence-corrected chi connectivity index (χ3v) is 4.00. The highest BCUT2D eigenvalue weighted by Gasteiger charge is 2.10. The number of hydrogen-bond donors (Lipinski definition) is 1. The number of nitrogen functional groups attached to an aromatic ring is 1. The Morgan fingerprint density at radius 3 is 2.74 bits per heavy atom. The molecule has 0 aliphatic carbocycles. The van der Waals surface area contributed by atoms with Gasteiger partial charge in [-0.05, 0) is 36.4 Å². The van der Waals surface area contributed by atoms with Gasteiger partial charge in [0.15, 0.2) is 0 Å². The van der Waals surface area contributed by atoms with Gasteiger partial charge in [-0.2, -0.15) is 0 Å². The first-order valence-electron chi connectivity index (χ1n) is 5.66. The smallest absolute Gasteiger partial charge is 0.124 e. The van der Waals surface area contributed by atoms with Crippen molar-refractivity contribution >= 4 is 16.5 Å². The highest BCUT2D eigenvalue weighted by Crippen LogP contribution is 2.24. The molecule has 0 aliphatic heterocycles. The van der Waals surface area contributed by atoms with E-state index >= 15 is 0 Å². The van der Waals surface area contributed by atoms with Gasteiger partial charge in [0.05, 0.1) is 23.7 Å². The van der Waals surface area contributed by atoms with Gasteiger partial charge in [0.25, 0.3) is 0 Å². The van der Waals surface area contributed by atoms with Crippen LogP contribution in [-0.2, 0) is 16.6 Å². The van der Waals surface area contributed by atoms with E-state index in [0.29, 0.717) is 16.3 Å². The van der Waals surface area contributed by atoms with Crippen molar-refractivity contribution in [2.24, 2.45) is 0 Å². The zero-order valence-electron chi connectivity index (χ0n) is 10.4. The average molecular weight is 279 g/mol. The maximum absolute atomic E-state index is 13.1. The molecule has 0 bridgehead atoms. The first-order chi connectivity index (χ1) is 9.10. The zero-order chi connectivity index (χ0) is 13.8. The van der Waals surface area contributed by atoms with Crippen LogP contribution in [0.3, 0.4) is 0 Å². The molecule has 3 nitrogen and oxygen atoms in total. The van der Waals surface area contributed by atoms with Gasteiger partial charge < -0.3 is 10.5 Å². The summed E-state index contributed by atoms with van der Waals surface area (Å²) in [6.45, 7) is 0. The minimum atomic E-state index is -1.34. The predicted molar refractivity (Wildman–Crippen MR) is 73.9 cm³/mol. The Hall–Kier alpha value is -1.88. The Balaban J connectivity index is 2.26. The molecule has 1 atom stereocenters. The second kappa shape index (κ2) is 5.84. The molecular weight excluding hydrogens is 265 g/mol. The minimum absolute atomic E-state index is 0.234. The van der Waals surface area contributed by atoms with Crippen LogP contribution in [0.25, 0.3) is 0 Å². The van der Waals surface area contributed by atoms with Crippen molar-refractivity contribution in [1.82, 2.24) is 0 Å². The molecule has 0 heterocycles. The van der Waals surface area contributed by atoms with Gasteiger partial charge in [0, 0.05) is 16.1 Å². The summed E-state index contributed by atoms with van der Waals surface area (Å²) in [5.74, 6) is 0.460. The Morgan fingerprint density at radius 2 is 2.05 bits per heavy atom. The summed E-state index contributed by atoms with van der Waals surface area (Å²) in [6.07, 6.45) is 0. The number of methoxy groups -OCH3 is 1. The van der Waals surface area contributed by atoms with Gasteiger partial charge in [0.1, 0.15) is 11.6 Å². The molecule has 0 amide bonds. The molecule has 2 aromatic rings. The fraction of sp³-hybridized carbons (Fsp3) is 0.143. The Kier molecular flexibility index (Phi) is 4.16. The third-order valence-electron chi connectivity index (χ3n) is 2.65. The predicted octanol–water partition coefficient (Wildman–Crippen LogP) is 2.72. The quantitative estimate of drug-likeness (QED) is 0.875. The Morgan fingerprint density at radius 1 is 1.26 bits per heavy atom. The molecule has 0 radical (unpaired) electrons. The van der Waals surface area contributed by atoms with Crippen LogP contribution in [0.2, 0.25) is 0 Å².